The maximum Gasteiger partial charge on any atom is 0.471 e. The fraction of sp³-hybridized carbons (Fsp3) is 0.273. The van der Waals surface area contributed by atoms with Gasteiger partial charge in [0.1, 0.15) is 6.04 Å². The Morgan fingerprint density at radius 2 is 1.89 bits per heavy atom. The first-order chi connectivity index (χ1) is 8.27. The van der Waals surface area contributed by atoms with Gasteiger partial charge >= 0.3 is 12.1 Å². The van der Waals surface area contributed by atoms with Crippen molar-refractivity contribution in [2.75, 3.05) is 7.05 Å². The molecule has 1 unspecified atom stereocenters. The Balaban J connectivity index is 3.02. The minimum atomic E-state index is -5.00. The first kappa shape index (κ1) is 14.3. The van der Waals surface area contributed by atoms with Crippen molar-refractivity contribution in [1.82, 2.24) is 4.90 Å². The van der Waals surface area contributed by atoms with Crippen LogP contribution in [0.2, 0.25) is 5.02 Å². The number of rotatable bonds is 2. The molecule has 1 amide bonds. The Morgan fingerprint density at radius 1 is 1.39 bits per heavy atom. The summed E-state index contributed by atoms with van der Waals surface area (Å²) in [6.45, 7) is 0. The number of nitriles is 1. The van der Waals surface area contributed by atoms with Crippen LogP contribution in [0.4, 0.5) is 13.2 Å². The largest absolute Gasteiger partial charge is 0.471 e. The number of benzene rings is 1. The highest BCUT2D eigenvalue weighted by molar-refractivity contribution is 6.30. The Kier molecular flexibility index (Phi) is 4.19. The Bertz CT molecular complexity index is 479. The second-order valence-corrected chi connectivity index (χ2v) is 3.93. The minimum absolute atomic E-state index is 0.266. The lowest BCUT2D eigenvalue weighted by molar-refractivity contribution is -0.185. The molecule has 0 heterocycles. The van der Waals surface area contributed by atoms with Crippen LogP contribution in [-0.2, 0) is 4.79 Å². The molecule has 0 fully saturated rings. The molecule has 0 aliphatic rings. The van der Waals surface area contributed by atoms with E-state index >= 15 is 0 Å². The number of hydrogen-bond donors (Lipinski definition) is 0. The van der Waals surface area contributed by atoms with Crippen LogP contribution in [0.15, 0.2) is 24.3 Å². The zero-order chi connectivity index (χ0) is 13.9. The lowest BCUT2D eigenvalue weighted by Gasteiger charge is -2.23. The summed E-state index contributed by atoms with van der Waals surface area (Å²) >= 11 is 5.63. The molecule has 1 aromatic rings. The molecule has 1 rings (SSSR count). The standard InChI is InChI=1S/C11H8ClF3N2O/c1-17(10(18)11(13,14)15)9(6-16)7-2-4-8(12)5-3-7/h2-5,9H,1H3. The lowest BCUT2D eigenvalue weighted by Crippen LogP contribution is -2.40. The van der Waals surface area contributed by atoms with Gasteiger partial charge in [-0.2, -0.15) is 18.4 Å². The van der Waals surface area contributed by atoms with Crippen molar-refractivity contribution in [3.8, 4) is 6.07 Å². The Labute approximate surface area is 106 Å². The van der Waals surface area contributed by atoms with E-state index in [4.69, 9.17) is 16.9 Å². The van der Waals surface area contributed by atoms with E-state index in [0.29, 0.717) is 9.92 Å². The van der Waals surface area contributed by atoms with Gasteiger partial charge in [-0.1, -0.05) is 23.7 Å². The van der Waals surface area contributed by atoms with Crippen LogP contribution >= 0.6 is 11.6 Å². The van der Waals surface area contributed by atoms with Crippen molar-refractivity contribution in [1.29, 1.82) is 5.26 Å². The van der Waals surface area contributed by atoms with Gasteiger partial charge in [-0.15, -0.1) is 0 Å². The molecule has 3 nitrogen and oxygen atoms in total. The number of alkyl halides is 3. The van der Waals surface area contributed by atoms with Gasteiger partial charge in [-0.25, -0.2) is 0 Å². The number of halogens is 4. The topological polar surface area (TPSA) is 44.1 Å². The summed E-state index contributed by atoms with van der Waals surface area (Å²) in [5.41, 5.74) is 0.266. The van der Waals surface area contributed by atoms with Gasteiger partial charge < -0.3 is 4.90 Å². The van der Waals surface area contributed by atoms with Crippen molar-refractivity contribution in [2.24, 2.45) is 0 Å². The molecule has 0 saturated carbocycles. The number of carbonyl (C=O) groups is 1. The van der Waals surface area contributed by atoms with Crippen molar-refractivity contribution in [2.45, 2.75) is 12.2 Å². The van der Waals surface area contributed by atoms with Gasteiger partial charge in [-0.3, -0.25) is 4.79 Å². The van der Waals surface area contributed by atoms with E-state index in [1.54, 1.807) is 6.07 Å². The van der Waals surface area contributed by atoms with Crippen LogP contribution in [0.3, 0.4) is 0 Å². The molecule has 0 aliphatic heterocycles. The molecule has 0 aliphatic carbocycles. The number of nitrogens with zero attached hydrogens (tertiary/aromatic N) is 2. The molecule has 18 heavy (non-hydrogen) atoms. The molecule has 7 heteroatoms. The summed E-state index contributed by atoms with van der Waals surface area (Å²) in [6, 6.07) is 6.02. The summed E-state index contributed by atoms with van der Waals surface area (Å²) in [4.78, 5) is 11.4. The Morgan fingerprint density at radius 3 is 2.28 bits per heavy atom. The lowest BCUT2D eigenvalue weighted by atomic mass is 10.1. The van der Waals surface area contributed by atoms with E-state index in [1.165, 1.54) is 24.3 Å². The first-order valence-electron chi connectivity index (χ1n) is 4.76. The van der Waals surface area contributed by atoms with Gasteiger partial charge in [0.05, 0.1) is 6.07 Å². The van der Waals surface area contributed by atoms with Gasteiger partial charge in [0, 0.05) is 12.1 Å². The molecular weight excluding hydrogens is 269 g/mol. The van der Waals surface area contributed by atoms with Crippen molar-refractivity contribution in [3.05, 3.63) is 34.9 Å². The smallest absolute Gasteiger partial charge is 0.318 e. The molecule has 0 spiro atoms. The summed E-state index contributed by atoms with van der Waals surface area (Å²) in [7, 11) is 0.929. The maximum atomic E-state index is 12.3. The summed E-state index contributed by atoms with van der Waals surface area (Å²) in [5, 5.41) is 9.28. The minimum Gasteiger partial charge on any atom is -0.318 e. The third-order valence-corrected chi connectivity index (χ3v) is 2.51. The van der Waals surface area contributed by atoms with Crippen LogP contribution in [0, 0.1) is 11.3 Å². The van der Waals surface area contributed by atoms with Crippen LogP contribution in [0.1, 0.15) is 11.6 Å². The van der Waals surface area contributed by atoms with E-state index in [-0.39, 0.29) is 5.56 Å². The van der Waals surface area contributed by atoms with Gasteiger partial charge in [0.15, 0.2) is 0 Å². The molecule has 0 radical (unpaired) electrons. The SMILES string of the molecule is CN(C(=O)C(F)(F)F)C(C#N)c1ccc(Cl)cc1. The normalized spacial score (nSPS) is 12.7. The van der Waals surface area contributed by atoms with Gasteiger partial charge in [0.2, 0.25) is 0 Å². The molecule has 0 saturated heterocycles. The van der Waals surface area contributed by atoms with Crippen LogP contribution in [0.5, 0.6) is 0 Å². The third kappa shape index (κ3) is 3.14. The molecule has 1 aromatic carbocycles. The first-order valence-corrected chi connectivity index (χ1v) is 5.14. The number of carbonyl (C=O) groups excluding carboxylic acids is 1. The highest BCUT2D eigenvalue weighted by atomic mass is 35.5. The summed E-state index contributed by atoms with van der Waals surface area (Å²) in [6.07, 6.45) is -5.00. The number of hydrogen-bond acceptors (Lipinski definition) is 2. The van der Waals surface area contributed by atoms with Crippen LogP contribution in [0.25, 0.3) is 0 Å². The summed E-state index contributed by atoms with van der Waals surface area (Å²) in [5.74, 6) is -2.07. The van der Waals surface area contributed by atoms with Crippen LogP contribution < -0.4 is 0 Å². The molecule has 96 valence electrons. The van der Waals surface area contributed by atoms with Gasteiger partial charge in [0.25, 0.3) is 0 Å². The zero-order valence-electron chi connectivity index (χ0n) is 9.20. The highest BCUT2D eigenvalue weighted by Crippen LogP contribution is 2.26. The fourth-order valence-corrected chi connectivity index (χ4v) is 1.47. The average Bonchev–Trinajstić information content (AvgIpc) is 2.30. The van der Waals surface area contributed by atoms with Crippen molar-refractivity contribution < 1.29 is 18.0 Å². The summed E-state index contributed by atoms with van der Waals surface area (Å²) < 4.78 is 36.8. The second-order valence-electron chi connectivity index (χ2n) is 3.50. The molecule has 0 N–H and O–H groups in total. The third-order valence-electron chi connectivity index (χ3n) is 2.26. The van der Waals surface area contributed by atoms with Gasteiger partial charge in [-0.05, 0) is 17.7 Å². The van der Waals surface area contributed by atoms with Crippen molar-refractivity contribution in [3.63, 3.8) is 0 Å². The van der Waals surface area contributed by atoms with E-state index < -0.39 is 18.1 Å². The predicted octanol–water partition coefficient (Wildman–Crippen LogP) is 2.93. The van der Waals surface area contributed by atoms with Crippen LogP contribution in [-0.4, -0.2) is 24.0 Å². The van der Waals surface area contributed by atoms with E-state index in [1.807, 2.05) is 0 Å². The highest BCUT2D eigenvalue weighted by Gasteiger charge is 2.43. The van der Waals surface area contributed by atoms with Crippen molar-refractivity contribution >= 4 is 17.5 Å². The van der Waals surface area contributed by atoms with E-state index in [2.05, 4.69) is 0 Å². The van der Waals surface area contributed by atoms with E-state index in [0.717, 1.165) is 7.05 Å². The second kappa shape index (κ2) is 5.27. The zero-order valence-corrected chi connectivity index (χ0v) is 9.96. The molecule has 1 atom stereocenters. The Hall–Kier alpha value is -1.74. The molecular formula is C11H8ClF3N2O. The quantitative estimate of drug-likeness (QED) is 0.833. The fourth-order valence-electron chi connectivity index (χ4n) is 1.35. The number of amides is 1. The maximum absolute atomic E-state index is 12.3. The predicted molar refractivity (Wildman–Crippen MR) is 58.6 cm³/mol. The molecule has 0 bridgehead atoms. The monoisotopic (exact) mass is 276 g/mol. The average molecular weight is 277 g/mol. The molecule has 0 aromatic heterocycles. The van der Waals surface area contributed by atoms with E-state index in [9.17, 15) is 18.0 Å².